The van der Waals surface area contributed by atoms with E-state index in [1.54, 1.807) is 6.92 Å². The van der Waals surface area contributed by atoms with Crippen molar-refractivity contribution in [3.63, 3.8) is 0 Å². The minimum Gasteiger partial charge on any atom is -0.462 e. The van der Waals surface area contributed by atoms with E-state index in [1.807, 2.05) is 6.92 Å². The summed E-state index contributed by atoms with van der Waals surface area (Å²) in [6.07, 6.45) is 5.97. The number of aliphatic hydroxyl groups is 1. The van der Waals surface area contributed by atoms with Crippen LogP contribution in [0.25, 0.3) is 0 Å². The van der Waals surface area contributed by atoms with E-state index in [9.17, 15) is 19.5 Å². The fraction of sp³-hybridized carbons (Fsp3) is 0.848. The van der Waals surface area contributed by atoms with Gasteiger partial charge in [-0.25, -0.2) is 4.79 Å². The number of aliphatic hydroxyl groups excluding tert-OH is 1. The zero-order valence-electron chi connectivity index (χ0n) is 25.8. The van der Waals surface area contributed by atoms with Crippen LogP contribution < -0.4 is 0 Å². The Morgan fingerprint density at radius 1 is 1.02 bits per heavy atom. The highest BCUT2D eigenvalue weighted by atomic mass is 16.6. The molecule has 40 heavy (non-hydrogen) atoms. The highest BCUT2D eigenvalue weighted by Crippen LogP contribution is 2.74. The number of fused-ring (bicyclic) bond motifs is 6. The summed E-state index contributed by atoms with van der Waals surface area (Å²) >= 11 is 0. The molecule has 4 aliphatic carbocycles. The van der Waals surface area contributed by atoms with Crippen LogP contribution in [0.3, 0.4) is 0 Å². The number of carbonyl (C=O) groups is 3. The van der Waals surface area contributed by atoms with E-state index in [4.69, 9.17) is 14.2 Å². The van der Waals surface area contributed by atoms with Gasteiger partial charge in [0.15, 0.2) is 0 Å². The van der Waals surface area contributed by atoms with E-state index in [-0.39, 0.29) is 58.6 Å². The first kappa shape index (κ1) is 29.6. The molecule has 0 radical (unpaired) electrons. The van der Waals surface area contributed by atoms with E-state index in [2.05, 4.69) is 34.6 Å². The Labute approximate surface area is 239 Å². The van der Waals surface area contributed by atoms with Crippen molar-refractivity contribution >= 4 is 17.9 Å². The molecular weight excluding hydrogens is 508 g/mol. The lowest BCUT2D eigenvalue weighted by Crippen LogP contribution is -2.67. The molecule has 0 saturated heterocycles. The SMILES string of the molecule is CC(=O)OC(C)[C@@]1(C)CCC[C@@]2(C)C1CC[C@]1(C)C2C[C@H](OC(=O)CC(C)O)[C@]2(C)C3=C(CC[C@H]21)[C@@H](C)OC3=O. The van der Waals surface area contributed by atoms with Crippen molar-refractivity contribution < 1.29 is 33.7 Å². The molecule has 3 fully saturated rings. The smallest absolute Gasteiger partial charge is 0.335 e. The molecule has 0 amide bonds. The Morgan fingerprint density at radius 2 is 1.70 bits per heavy atom. The fourth-order valence-electron chi connectivity index (χ4n) is 11.0. The molecule has 0 aromatic heterocycles. The molecule has 0 aromatic rings. The summed E-state index contributed by atoms with van der Waals surface area (Å²) in [7, 11) is 0. The van der Waals surface area contributed by atoms with Crippen LogP contribution in [0.5, 0.6) is 0 Å². The van der Waals surface area contributed by atoms with Crippen LogP contribution in [0.2, 0.25) is 0 Å². The molecule has 3 saturated carbocycles. The molecule has 0 aromatic carbocycles. The Bertz CT molecular complexity index is 1110. The Morgan fingerprint density at radius 3 is 2.35 bits per heavy atom. The van der Waals surface area contributed by atoms with Gasteiger partial charge in [-0.15, -0.1) is 0 Å². The lowest BCUT2D eigenvalue weighted by atomic mass is 9.34. The van der Waals surface area contributed by atoms with Crippen molar-refractivity contribution in [2.45, 2.75) is 138 Å². The van der Waals surface area contributed by atoms with Crippen LogP contribution >= 0.6 is 0 Å². The monoisotopic (exact) mass is 558 g/mol. The minimum atomic E-state index is -0.791. The van der Waals surface area contributed by atoms with Gasteiger partial charge in [0.25, 0.3) is 0 Å². The second-order valence-electron chi connectivity index (χ2n) is 14.9. The number of ether oxygens (including phenoxy) is 3. The third kappa shape index (κ3) is 4.19. The molecular formula is C33H50O7. The predicted molar refractivity (Wildman–Crippen MR) is 150 cm³/mol. The highest BCUT2D eigenvalue weighted by molar-refractivity contribution is 5.94. The number of cyclic esters (lactones) is 1. The van der Waals surface area contributed by atoms with Gasteiger partial charge in [-0.3, -0.25) is 9.59 Å². The molecule has 7 nitrogen and oxygen atoms in total. The first-order valence-corrected chi connectivity index (χ1v) is 15.6. The topological polar surface area (TPSA) is 99.1 Å². The van der Waals surface area contributed by atoms with Gasteiger partial charge in [-0.2, -0.15) is 0 Å². The van der Waals surface area contributed by atoms with Gasteiger partial charge in [0.2, 0.25) is 0 Å². The number of esters is 3. The van der Waals surface area contributed by atoms with Gasteiger partial charge in [0, 0.05) is 23.3 Å². The quantitative estimate of drug-likeness (QED) is 0.331. The molecule has 1 N–H and O–H groups in total. The van der Waals surface area contributed by atoms with Gasteiger partial charge >= 0.3 is 17.9 Å². The summed E-state index contributed by atoms with van der Waals surface area (Å²) < 4.78 is 17.9. The van der Waals surface area contributed by atoms with Crippen LogP contribution in [0, 0.1) is 39.4 Å². The van der Waals surface area contributed by atoms with Crippen molar-refractivity contribution in [3.8, 4) is 0 Å². The van der Waals surface area contributed by atoms with E-state index < -0.39 is 23.6 Å². The molecule has 224 valence electrons. The molecule has 4 unspecified atom stereocenters. The molecule has 11 atom stereocenters. The van der Waals surface area contributed by atoms with Gasteiger partial charge in [0.1, 0.15) is 18.3 Å². The van der Waals surface area contributed by atoms with Crippen LogP contribution in [0.1, 0.15) is 113 Å². The summed E-state index contributed by atoms with van der Waals surface area (Å²) in [4.78, 5) is 38.5. The third-order valence-corrected chi connectivity index (χ3v) is 12.8. The molecule has 0 spiro atoms. The largest absolute Gasteiger partial charge is 0.462 e. The summed E-state index contributed by atoms with van der Waals surface area (Å²) in [5.41, 5.74) is 0.981. The second-order valence-corrected chi connectivity index (χ2v) is 14.9. The maximum Gasteiger partial charge on any atom is 0.335 e. The van der Waals surface area contributed by atoms with Crippen molar-refractivity contribution in [1.29, 1.82) is 0 Å². The first-order chi connectivity index (χ1) is 18.6. The van der Waals surface area contributed by atoms with Crippen molar-refractivity contribution in [2.24, 2.45) is 39.4 Å². The van der Waals surface area contributed by atoms with Crippen LogP contribution in [-0.4, -0.2) is 47.4 Å². The number of hydrogen-bond acceptors (Lipinski definition) is 7. The number of rotatable bonds is 5. The standard InChI is InChI=1S/C33H50O7/c1-18(34)16-27(36)40-26-17-25-31(6)14-9-13-30(5,20(3)39-21(4)35)23(31)12-15-32(25,7)24-11-10-22-19(2)38-29(37)28(22)33(24,26)8/h18-20,23-26,34H,9-17H2,1-8H3/t18?,19-,20?,23?,24+,25?,26+,30-,31+,32+,33-/m1/s1. The summed E-state index contributed by atoms with van der Waals surface area (Å²) in [6.45, 7) is 16.4. The second kappa shape index (κ2) is 9.84. The zero-order valence-corrected chi connectivity index (χ0v) is 25.8. The fourth-order valence-corrected chi connectivity index (χ4v) is 11.0. The Hall–Kier alpha value is -1.89. The average molecular weight is 559 g/mol. The maximum atomic E-state index is 13.4. The molecule has 7 heteroatoms. The Balaban J connectivity index is 1.59. The van der Waals surface area contributed by atoms with Crippen LogP contribution in [0.4, 0.5) is 0 Å². The van der Waals surface area contributed by atoms with E-state index in [0.29, 0.717) is 12.3 Å². The third-order valence-electron chi connectivity index (χ3n) is 12.8. The maximum absolute atomic E-state index is 13.4. The van der Waals surface area contributed by atoms with E-state index in [0.717, 1.165) is 56.1 Å². The average Bonchev–Trinajstić information content (AvgIpc) is 3.13. The predicted octanol–water partition coefficient (Wildman–Crippen LogP) is 5.91. The molecule has 5 rings (SSSR count). The lowest BCUT2D eigenvalue weighted by Gasteiger charge is -2.70. The van der Waals surface area contributed by atoms with Crippen molar-refractivity contribution in [2.75, 3.05) is 0 Å². The van der Waals surface area contributed by atoms with Gasteiger partial charge < -0.3 is 19.3 Å². The summed E-state index contributed by atoms with van der Waals surface area (Å²) in [6, 6.07) is 0. The lowest BCUT2D eigenvalue weighted by molar-refractivity contribution is -0.237. The van der Waals surface area contributed by atoms with Crippen molar-refractivity contribution in [1.82, 2.24) is 0 Å². The van der Waals surface area contributed by atoms with E-state index in [1.165, 1.54) is 6.92 Å². The zero-order chi connectivity index (χ0) is 29.4. The van der Waals surface area contributed by atoms with Gasteiger partial charge in [0.05, 0.1) is 12.5 Å². The van der Waals surface area contributed by atoms with Crippen LogP contribution in [0.15, 0.2) is 11.1 Å². The van der Waals surface area contributed by atoms with Crippen molar-refractivity contribution in [3.05, 3.63) is 11.1 Å². The Kier molecular flexibility index (Phi) is 7.28. The molecule has 1 heterocycles. The molecule has 1 aliphatic heterocycles. The number of carbonyl (C=O) groups excluding carboxylic acids is 3. The summed E-state index contributed by atoms with van der Waals surface area (Å²) in [5, 5.41) is 9.95. The number of hydrogen-bond donors (Lipinski definition) is 1. The normalized spacial score (nSPS) is 45.7. The minimum absolute atomic E-state index is 0.0250. The first-order valence-electron chi connectivity index (χ1n) is 15.6. The molecule has 5 aliphatic rings. The van der Waals surface area contributed by atoms with Gasteiger partial charge in [-0.1, -0.05) is 34.1 Å². The molecule has 0 bridgehead atoms. The van der Waals surface area contributed by atoms with Gasteiger partial charge in [-0.05, 0) is 99.9 Å². The van der Waals surface area contributed by atoms with E-state index >= 15 is 0 Å². The highest BCUT2D eigenvalue weighted by Gasteiger charge is 2.70. The summed E-state index contributed by atoms with van der Waals surface area (Å²) in [5.74, 6) is -0.0870. The van der Waals surface area contributed by atoms with Crippen LogP contribution in [-0.2, 0) is 28.6 Å².